The standard InChI is InChI=1S/C21H26O2/c1-3-18-11-13-20(14-12-18)15-23-16-21(22)17(2)9-10-19-7-5-4-6-8-19/h4-8,11-14,17H,3,9-10,15-16H2,1-2H3/t17-/m0/s1. The molecule has 0 saturated carbocycles. The number of ketones is 1. The van der Waals surface area contributed by atoms with Gasteiger partial charge in [0.15, 0.2) is 5.78 Å². The first kappa shape index (κ1) is 17.4. The van der Waals surface area contributed by atoms with E-state index in [1.807, 2.05) is 25.1 Å². The minimum atomic E-state index is 0.0395. The van der Waals surface area contributed by atoms with E-state index in [9.17, 15) is 4.79 Å². The van der Waals surface area contributed by atoms with Crippen LogP contribution in [0.5, 0.6) is 0 Å². The average molecular weight is 310 g/mol. The maximum Gasteiger partial charge on any atom is 0.161 e. The minimum absolute atomic E-state index is 0.0395. The predicted molar refractivity (Wildman–Crippen MR) is 94.4 cm³/mol. The fraction of sp³-hybridized carbons (Fsp3) is 0.381. The fourth-order valence-corrected chi connectivity index (χ4v) is 2.47. The number of aryl methyl sites for hydroxylation is 2. The van der Waals surface area contributed by atoms with Gasteiger partial charge >= 0.3 is 0 Å². The Hall–Kier alpha value is -1.93. The first-order valence-electron chi connectivity index (χ1n) is 8.41. The van der Waals surface area contributed by atoms with Crippen LogP contribution in [0.3, 0.4) is 0 Å². The lowest BCUT2D eigenvalue weighted by Crippen LogP contribution is -2.18. The number of carbonyl (C=O) groups is 1. The molecule has 23 heavy (non-hydrogen) atoms. The summed E-state index contributed by atoms with van der Waals surface area (Å²) in [5.41, 5.74) is 3.72. The first-order chi connectivity index (χ1) is 11.2. The molecule has 2 heteroatoms. The normalized spacial score (nSPS) is 12.1. The molecule has 0 aliphatic carbocycles. The average Bonchev–Trinajstić information content (AvgIpc) is 2.61. The second-order valence-electron chi connectivity index (χ2n) is 6.05. The summed E-state index contributed by atoms with van der Waals surface area (Å²) in [7, 11) is 0. The van der Waals surface area contributed by atoms with Gasteiger partial charge in [-0.15, -0.1) is 0 Å². The van der Waals surface area contributed by atoms with Crippen LogP contribution in [-0.2, 0) is 29.0 Å². The Morgan fingerprint density at radius 3 is 2.26 bits per heavy atom. The zero-order chi connectivity index (χ0) is 16.5. The minimum Gasteiger partial charge on any atom is -0.369 e. The molecule has 2 nitrogen and oxygen atoms in total. The van der Waals surface area contributed by atoms with Crippen molar-refractivity contribution in [2.24, 2.45) is 5.92 Å². The van der Waals surface area contributed by atoms with E-state index in [-0.39, 0.29) is 18.3 Å². The van der Waals surface area contributed by atoms with Crippen LogP contribution >= 0.6 is 0 Å². The second kappa shape index (κ2) is 9.26. The Bertz CT molecular complexity index is 587. The highest BCUT2D eigenvalue weighted by atomic mass is 16.5. The molecule has 0 heterocycles. The summed E-state index contributed by atoms with van der Waals surface area (Å²) in [5.74, 6) is 0.226. The summed E-state index contributed by atoms with van der Waals surface area (Å²) < 4.78 is 5.58. The van der Waals surface area contributed by atoms with Gasteiger partial charge in [-0.3, -0.25) is 4.79 Å². The van der Waals surface area contributed by atoms with Crippen molar-refractivity contribution in [3.05, 3.63) is 71.3 Å². The molecule has 0 aliphatic rings. The Labute approximate surface area is 139 Å². The number of rotatable bonds is 9. The number of benzene rings is 2. The van der Waals surface area contributed by atoms with Crippen LogP contribution < -0.4 is 0 Å². The molecule has 1 atom stereocenters. The molecular formula is C21H26O2. The van der Waals surface area contributed by atoms with Crippen molar-refractivity contribution >= 4 is 5.78 Å². The van der Waals surface area contributed by atoms with E-state index in [0.29, 0.717) is 6.61 Å². The van der Waals surface area contributed by atoms with E-state index in [1.54, 1.807) is 0 Å². The highest BCUT2D eigenvalue weighted by Gasteiger charge is 2.13. The third kappa shape index (κ3) is 5.99. The molecule has 0 unspecified atom stereocenters. The van der Waals surface area contributed by atoms with E-state index < -0.39 is 0 Å². The number of carbonyl (C=O) groups excluding carboxylic acids is 1. The maximum atomic E-state index is 12.1. The lowest BCUT2D eigenvalue weighted by Gasteiger charge is -2.11. The summed E-state index contributed by atoms with van der Waals surface area (Å²) >= 11 is 0. The molecule has 0 radical (unpaired) electrons. The summed E-state index contributed by atoms with van der Waals surface area (Å²) in [6, 6.07) is 18.7. The van der Waals surface area contributed by atoms with Crippen molar-refractivity contribution in [1.29, 1.82) is 0 Å². The number of hydrogen-bond donors (Lipinski definition) is 0. The third-order valence-corrected chi connectivity index (χ3v) is 4.20. The first-order valence-corrected chi connectivity index (χ1v) is 8.41. The molecule has 122 valence electrons. The van der Waals surface area contributed by atoms with Gasteiger partial charge in [0.25, 0.3) is 0 Å². The quantitative estimate of drug-likeness (QED) is 0.676. The molecule has 0 saturated heterocycles. The number of Topliss-reactive ketones (excluding diaryl/α,β-unsaturated/α-hetero) is 1. The molecule has 0 aromatic heterocycles. The van der Waals surface area contributed by atoms with Crippen LogP contribution in [0.4, 0.5) is 0 Å². The highest BCUT2D eigenvalue weighted by Crippen LogP contribution is 2.11. The molecule has 0 fully saturated rings. The monoisotopic (exact) mass is 310 g/mol. The molecule has 2 aromatic carbocycles. The van der Waals surface area contributed by atoms with Crippen LogP contribution in [0.2, 0.25) is 0 Å². The lowest BCUT2D eigenvalue weighted by atomic mass is 9.98. The van der Waals surface area contributed by atoms with E-state index in [0.717, 1.165) is 24.8 Å². The Morgan fingerprint density at radius 2 is 1.61 bits per heavy atom. The Balaban J connectivity index is 1.69. The van der Waals surface area contributed by atoms with E-state index in [2.05, 4.69) is 43.3 Å². The Kier molecular flexibility index (Phi) is 7.02. The van der Waals surface area contributed by atoms with Crippen LogP contribution in [0.15, 0.2) is 54.6 Å². The van der Waals surface area contributed by atoms with Gasteiger partial charge in [0.2, 0.25) is 0 Å². The van der Waals surface area contributed by atoms with Crippen molar-refractivity contribution in [3.63, 3.8) is 0 Å². The molecule has 2 aromatic rings. The van der Waals surface area contributed by atoms with Crippen molar-refractivity contribution in [2.75, 3.05) is 6.61 Å². The fourth-order valence-electron chi connectivity index (χ4n) is 2.47. The predicted octanol–water partition coefficient (Wildman–Crippen LogP) is 4.60. The smallest absolute Gasteiger partial charge is 0.161 e. The van der Waals surface area contributed by atoms with Crippen LogP contribution in [0, 0.1) is 5.92 Å². The molecular weight excluding hydrogens is 284 g/mol. The van der Waals surface area contributed by atoms with Crippen LogP contribution in [0.25, 0.3) is 0 Å². The largest absolute Gasteiger partial charge is 0.369 e. The van der Waals surface area contributed by atoms with Gasteiger partial charge in [0.05, 0.1) is 6.61 Å². The van der Waals surface area contributed by atoms with Crippen LogP contribution in [-0.4, -0.2) is 12.4 Å². The van der Waals surface area contributed by atoms with Crippen molar-refractivity contribution in [2.45, 2.75) is 39.7 Å². The number of ether oxygens (including phenoxy) is 1. The van der Waals surface area contributed by atoms with Gasteiger partial charge in [-0.05, 0) is 36.0 Å². The summed E-state index contributed by atoms with van der Waals surface area (Å²) in [6.45, 7) is 4.83. The molecule has 2 rings (SSSR count). The van der Waals surface area contributed by atoms with Gasteiger partial charge in [0, 0.05) is 5.92 Å². The van der Waals surface area contributed by atoms with Crippen LogP contribution in [0.1, 0.15) is 37.0 Å². The summed E-state index contributed by atoms with van der Waals surface area (Å²) in [4.78, 5) is 12.1. The van der Waals surface area contributed by atoms with Crippen molar-refractivity contribution in [3.8, 4) is 0 Å². The summed E-state index contributed by atoms with van der Waals surface area (Å²) in [5, 5.41) is 0. The van der Waals surface area contributed by atoms with Gasteiger partial charge in [-0.25, -0.2) is 0 Å². The van der Waals surface area contributed by atoms with Gasteiger partial charge in [0.1, 0.15) is 6.61 Å². The number of hydrogen-bond acceptors (Lipinski definition) is 2. The molecule has 0 amide bonds. The third-order valence-electron chi connectivity index (χ3n) is 4.20. The van der Waals surface area contributed by atoms with E-state index in [4.69, 9.17) is 4.74 Å². The topological polar surface area (TPSA) is 26.3 Å². The van der Waals surface area contributed by atoms with Gasteiger partial charge in [-0.2, -0.15) is 0 Å². The molecule has 0 bridgehead atoms. The Morgan fingerprint density at radius 1 is 0.957 bits per heavy atom. The molecule has 0 spiro atoms. The summed E-state index contributed by atoms with van der Waals surface area (Å²) in [6.07, 6.45) is 2.85. The van der Waals surface area contributed by atoms with Gasteiger partial charge in [-0.1, -0.05) is 68.4 Å². The second-order valence-corrected chi connectivity index (χ2v) is 6.05. The highest BCUT2D eigenvalue weighted by molar-refractivity contribution is 5.81. The zero-order valence-corrected chi connectivity index (χ0v) is 14.1. The molecule has 0 N–H and O–H groups in total. The van der Waals surface area contributed by atoms with Crippen molar-refractivity contribution in [1.82, 2.24) is 0 Å². The van der Waals surface area contributed by atoms with Crippen molar-refractivity contribution < 1.29 is 9.53 Å². The van der Waals surface area contributed by atoms with E-state index in [1.165, 1.54) is 11.1 Å². The maximum absolute atomic E-state index is 12.1. The zero-order valence-electron chi connectivity index (χ0n) is 14.1. The van der Waals surface area contributed by atoms with E-state index >= 15 is 0 Å². The lowest BCUT2D eigenvalue weighted by molar-refractivity contribution is -0.127. The molecule has 0 aliphatic heterocycles. The SMILES string of the molecule is CCc1ccc(COCC(=O)[C@@H](C)CCc2ccccc2)cc1. The van der Waals surface area contributed by atoms with Gasteiger partial charge < -0.3 is 4.74 Å².